The third-order valence-electron chi connectivity index (χ3n) is 7.70. The van der Waals surface area contributed by atoms with E-state index in [0.717, 1.165) is 49.4 Å². The number of rotatable bonds is 3. The highest BCUT2D eigenvalue weighted by atomic mass is 16.3. The fourth-order valence-corrected chi connectivity index (χ4v) is 6.18. The van der Waals surface area contributed by atoms with Crippen molar-refractivity contribution in [3.63, 3.8) is 0 Å². The van der Waals surface area contributed by atoms with Crippen molar-refractivity contribution < 1.29 is 15.3 Å². The summed E-state index contributed by atoms with van der Waals surface area (Å²) in [7, 11) is 0. The Labute approximate surface area is 147 Å². The number of aliphatic hydroxyl groups excluding tert-OH is 3. The molecule has 0 heterocycles. The van der Waals surface area contributed by atoms with Crippen LogP contribution in [0.1, 0.15) is 78.1 Å². The molecule has 6 atom stereocenters. The maximum atomic E-state index is 10.1. The fraction of sp³-hybridized carbons (Fsp3) is 1.00. The summed E-state index contributed by atoms with van der Waals surface area (Å²) in [6.07, 6.45) is 10.6. The van der Waals surface area contributed by atoms with Crippen LogP contribution in [-0.4, -0.2) is 33.6 Å². The largest absolute Gasteiger partial charge is 0.393 e. The Morgan fingerprint density at radius 3 is 1.42 bits per heavy atom. The molecule has 3 aliphatic carbocycles. The molecule has 0 saturated heterocycles. The van der Waals surface area contributed by atoms with E-state index in [1.807, 2.05) is 0 Å². The predicted octanol–water partition coefficient (Wildman–Crippen LogP) is 3.75. The molecular formula is C21H38O3. The molecule has 0 aromatic heterocycles. The van der Waals surface area contributed by atoms with Crippen molar-refractivity contribution in [2.45, 2.75) is 96.4 Å². The molecule has 3 saturated carbocycles. The first kappa shape index (κ1) is 18.7. The van der Waals surface area contributed by atoms with Gasteiger partial charge in [0.05, 0.1) is 18.3 Å². The first-order chi connectivity index (χ1) is 11.5. The zero-order chi connectivity index (χ0) is 17.3. The topological polar surface area (TPSA) is 60.7 Å². The van der Waals surface area contributed by atoms with Crippen LogP contribution in [0.2, 0.25) is 0 Å². The average molecular weight is 339 g/mol. The molecule has 0 aromatic carbocycles. The van der Waals surface area contributed by atoms with E-state index in [1.54, 1.807) is 0 Å². The summed E-state index contributed by atoms with van der Waals surface area (Å²) in [6.45, 7) is 4.43. The minimum Gasteiger partial charge on any atom is -0.393 e. The Balaban J connectivity index is 1.73. The third kappa shape index (κ3) is 4.16. The normalized spacial score (nSPS) is 48.9. The molecule has 0 spiro atoms. The van der Waals surface area contributed by atoms with Crippen LogP contribution >= 0.6 is 0 Å². The van der Waals surface area contributed by atoms with Crippen LogP contribution in [0.5, 0.6) is 0 Å². The molecule has 3 rings (SSSR count). The molecule has 3 fully saturated rings. The maximum Gasteiger partial charge on any atom is 0.0566 e. The minimum atomic E-state index is -0.109. The lowest BCUT2D eigenvalue weighted by atomic mass is 9.59. The van der Waals surface area contributed by atoms with Gasteiger partial charge in [0.15, 0.2) is 0 Å². The van der Waals surface area contributed by atoms with Crippen molar-refractivity contribution in [3.05, 3.63) is 0 Å². The van der Waals surface area contributed by atoms with Crippen LogP contribution in [0.15, 0.2) is 0 Å². The molecule has 0 radical (unpaired) electrons. The summed E-state index contributed by atoms with van der Waals surface area (Å²) >= 11 is 0. The van der Waals surface area contributed by atoms with Crippen LogP contribution in [0.3, 0.4) is 0 Å². The molecule has 3 aliphatic rings. The van der Waals surface area contributed by atoms with Crippen molar-refractivity contribution in [2.75, 3.05) is 0 Å². The van der Waals surface area contributed by atoms with E-state index >= 15 is 0 Å². The summed E-state index contributed by atoms with van der Waals surface area (Å²) in [5, 5.41) is 30.2. The molecule has 0 aromatic rings. The molecule has 6 unspecified atom stereocenters. The molecular weight excluding hydrogens is 300 g/mol. The second-order valence-electron chi connectivity index (χ2n) is 9.38. The van der Waals surface area contributed by atoms with E-state index in [0.29, 0.717) is 11.8 Å². The number of aliphatic hydroxyl groups is 3. The SMILES string of the molecule is CC1CC(C(C2CCC(O)CC2)C2CCC(O)C(C)C2)CCC1O. The minimum absolute atomic E-state index is 0.0823. The highest BCUT2D eigenvalue weighted by molar-refractivity contribution is 4.92. The van der Waals surface area contributed by atoms with Crippen molar-refractivity contribution in [3.8, 4) is 0 Å². The van der Waals surface area contributed by atoms with Crippen LogP contribution < -0.4 is 0 Å². The van der Waals surface area contributed by atoms with E-state index in [9.17, 15) is 15.3 Å². The van der Waals surface area contributed by atoms with Crippen LogP contribution in [0, 0.1) is 35.5 Å². The monoisotopic (exact) mass is 338 g/mol. The summed E-state index contributed by atoms with van der Waals surface area (Å²) in [6, 6.07) is 0. The lowest BCUT2D eigenvalue weighted by Gasteiger charge is -2.47. The van der Waals surface area contributed by atoms with Gasteiger partial charge in [0, 0.05) is 0 Å². The first-order valence-corrected chi connectivity index (χ1v) is 10.5. The zero-order valence-electron chi connectivity index (χ0n) is 15.6. The van der Waals surface area contributed by atoms with Gasteiger partial charge in [0.1, 0.15) is 0 Å². The molecule has 3 heteroatoms. The van der Waals surface area contributed by atoms with Gasteiger partial charge in [-0.05, 0) is 99.7 Å². The van der Waals surface area contributed by atoms with E-state index < -0.39 is 0 Å². The Morgan fingerprint density at radius 2 is 1.00 bits per heavy atom. The molecule has 0 amide bonds. The Hall–Kier alpha value is -0.120. The van der Waals surface area contributed by atoms with Gasteiger partial charge in [-0.1, -0.05) is 13.8 Å². The Kier molecular flexibility index (Phi) is 6.26. The summed E-state index contributed by atoms with van der Waals surface area (Å²) in [5.41, 5.74) is 0. The molecule has 0 aliphatic heterocycles. The summed E-state index contributed by atoms with van der Waals surface area (Å²) in [5.74, 6) is 3.79. The molecule has 3 N–H and O–H groups in total. The second kappa shape index (κ2) is 8.05. The summed E-state index contributed by atoms with van der Waals surface area (Å²) < 4.78 is 0. The standard InChI is InChI=1S/C21H38O3/c1-13-11-16(5-9-19(13)23)21(15-3-7-18(22)8-4-15)17-6-10-20(24)14(2)12-17/h13-24H,3-12H2,1-2H3. The second-order valence-corrected chi connectivity index (χ2v) is 9.38. The van der Waals surface area contributed by atoms with Gasteiger partial charge in [-0.3, -0.25) is 0 Å². The lowest BCUT2D eigenvalue weighted by Crippen LogP contribution is -2.41. The van der Waals surface area contributed by atoms with Crippen molar-refractivity contribution in [1.82, 2.24) is 0 Å². The smallest absolute Gasteiger partial charge is 0.0566 e. The Bertz CT molecular complexity index is 365. The molecule has 0 bridgehead atoms. The van der Waals surface area contributed by atoms with E-state index in [2.05, 4.69) is 13.8 Å². The summed E-state index contributed by atoms with van der Waals surface area (Å²) in [4.78, 5) is 0. The van der Waals surface area contributed by atoms with Gasteiger partial charge in [-0.25, -0.2) is 0 Å². The average Bonchev–Trinajstić information content (AvgIpc) is 2.56. The quantitative estimate of drug-likeness (QED) is 0.734. The van der Waals surface area contributed by atoms with E-state index in [4.69, 9.17) is 0 Å². The van der Waals surface area contributed by atoms with Gasteiger partial charge in [-0.2, -0.15) is 0 Å². The van der Waals surface area contributed by atoms with Crippen LogP contribution in [0.25, 0.3) is 0 Å². The van der Waals surface area contributed by atoms with Gasteiger partial charge in [0.2, 0.25) is 0 Å². The Morgan fingerprint density at radius 1 is 0.583 bits per heavy atom. The zero-order valence-corrected chi connectivity index (χ0v) is 15.6. The van der Waals surface area contributed by atoms with E-state index in [-0.39, 0.29) is 18.3 Å². The highest BCUT2D eigenvalue weighted by Crippen LogP contribution is 2.49. The number of hydrogen-bond acceptors (Lipinski definition) is 3. The van der Waals surface area contributed by atoms with Crippen molar-refractivity contribution in [2.24, 2.45) is 35.5 Å². The fourth-order valence-electron chi connectivity index (χ4n) is 6.18. The molecule has 140 valence electrons. The van der Waals surface area contributed by atoms with Gasteiger partial charge >= 0.3 is 0 Å². The van der Waals surface area contributed by atoms with Crippen molar-refractivity contribution >= 4 is 0 Å². The third-order valence-corrected chi connectivity index (χ3v) is 7.70. The first-order valence-electron chi connectivity index (χ1n) is 10.5. The van der Waals surface area contributed by atoms with Crippen LogP contribution in [0.4, 0.5) is 0 Å². The van der Waals surface area contributed by atoms with Crippen LogP contribution in [-0.2, 0) is 0 Å². The van der Waals surface area contributed by atoms with Crippen molar-refractivity contribution in [1.29, 1.82) is 0 Å². The maximum absolute atomic E-state index is 10.1. The van der Waals surface area contributed by atoms with Gasteiger partial charge < -0.3 is 15.3 Å². The molecule has 24 heavy (non-hydrogen) atoms. The predicted molar refractivity (Wildman–Crippen MR) is 96.5 cm³/mol. The number of hydrogen-bond donors (Lipinski definition) is 3. The van der Waals surface area contributed by atoms with Gasteiger partial charge in [0.25, 0.3) is 0 Å². The van der Waals surface area contributed by atoms with E-state index in [1.165, 1.54) is 38.5 Å². The van der Waals surface area contributed by atoms with Gasteiger partial charge in [-0.15, -0.1) is 0 Å². The lowest BCUT2D eigenvalue weighted by molar-refractivity contribution is -0.0291. The highest BCUT2D eigenvalue weighted by Gasteiger charge is 2.42. The molecule has 3 nitrogen and oxygen atoms in total.